The van der Waals surface area contributed by atoms with E-state index in [-0.39, 0.29) is 5.91 Å². The molecule has 0 spiro atoms. The highest BCUT2D eigenvalue weighted by Crippen LogP contribution is 1.97. The molecule has 0 aliphatic carbocycles. The van der Waals surface area contributed by atoms with Crippen molar-refractivity contribution in [2.24, 2.45) is 0 Å². The van der Waals surface area contributed by atoms with E-state index in [2.05, 4.69) is 22.5 Å². The van der Waals surface area contributed by atoms with E-state index < -0.39 is 0 Å². The average Bonchev–Trinajstić information content (AvgIpc) is 2.40. The molecule has 1 amide bonds. The van der Waals surface area contributed by atoms with Crippen molar-refractivity contribution >= 4 is 5.91 Å². The van der Waals surface area contributed by atoms with E-state index >= 15 is 0 Å². The highest BCUT2D eigenvalue weighted by molar-refractivity contribution is 5.77. The molecule has 106 valence electrons. The SMILES string of the molecule is CCCCNC(=O)CNCCCN1CCOCC1. The number of morpholine rings is 1. The first-order valence-electron chi connectivity index (χ1n) is 7.10. The molecule has 1 fully saturated rings. The number of carbonyl (C=O) groups is 1. The van der Waals surface area contributed by atoms with Crippen LogP contribution in [0.1, 0.15) is 26.2 Å². The maximum atomic E-state index is 11.4. The minimum atomic E-state index is 0.106. The molecule has 0 radical (unpaired) electrons. The Morgan fingerprint density at radius 3 is 2.72 bits per heavy atom. The molecule has 5 heteroatoms. The molecule has 1 heterocycles. The first kappa shape index (κ1) is 15.4. The predicted octanol–water partition coefficient (Wildman–Crippen LogP) is 0.215. The molecule has 5 nitrogen and oxygen atoms in total. The first-order chi connectivity index (χ1) is 8.83. The van der Waals surface area contributed by atoms with Crippen molar-refractivity contribution in [3.8, 4) is 0 Å². The van der Waals surface area contributed by atoms with Crippen LogP contribution in [0.5, 0.6) is 0 Å². The smallest absolute Gasteiger partial charge is 0.233 e. The zero-order valence-corrected chi connectivity index (χ0v) is 11.5. The van der Waals surface area contributed by atoms with Gasteiger partial charge in [-0.2, -0.15) is 0 Å². The Balaban J connectivity index is 1.86. The van der Waals surface area contributed by atoms with Gasteiger partial charge in [-0.1, -0.05) is 13.3 Å². The zero-order chi connectivity index (χ0) is 13.1. The van der Waals surface area contributed by atoms with Crippen LogP contribution in [0.2, 0.25) is 0 Å². The summed E-state index contributed by atoms with van der Waals surface area (Å²) >= 11 is 0. The third-order valence-electron chi connectivity index (χ3n) is 3.07. The summed E-state index contributed by atoms with van der Waals surface area (Å²) in [6.07, 6.45) is 3.26. The molecule has 0 bridgehead atoms. The first-order valence-corrected chi connectivity index (χ1v) is 7.10. The third-order valence-corrected chi connectivity index (χ3v) is 3.07. The van der Waals surface area contributed by atoms with Gasteiger partial charge in [0, 0.05) is 19.6 Å². The number of hydrogen-bond donors (Lipinski definition) is 2. The van der Waals surface area contributed by atoms with Gasteiger partial charge in [0.1, 0.15) is 0 Å². The predicted molar refractivity (Wildman–Crippen MR) is 72.7 cm³/mol. The second kappa shape index (κ2) is 10.3. The number of unbranched alkanes of at least 4 members (excludes halogenated alkanes) is 1. The van der Waals surface area contributed by atoms with Crippen molar-refractivity contribution in [3.63, 3.8) is 0 Å². The summed E-state index contributed by atoms with van der Waals surface area (Å²) in [4.78, 5) is 13.8. The minimum absolute atomic E-state index is 0.106. The summed E-state index contributed by atoms with van der Waals surface area (Å²) < 4.78 is 5.30. The number of hydrogen-bond acceptors (Lipinski definition) is 4. The zero-order valence-electron chi connectivity index (χ0n) is 11.5. The van der Waals surface area contributed by atoms with Crippen molar-refractivity contribution in [1.29, 1.82) is 0 Å². The Labute approximate surface area is 110 Å². The maximum Gasteiger partial charge on any atom is 0.233 e. The van der Waals surface area contributed by atoms with Crippen molar-refractivity contribution in [2.45, 2.75) is 26.2 Å². The molecule has 1 aliphatic heterocycles. The number of nitrogens with one attached hydrogen (secondary N) is 2. The van der Waals surface area contributed by atoms with Gasteiger partial charge in [-0.3, -0.25) is 9.69 Å². The molecule has 1 rings (SSSR count). The Kier molecular flexibility index (Phi) is 8.81. The van der Waals surface area contributed by atoms with E-state index in [4.69, 9.17) is 4.74 Å². The lowest BCUT2D eigenvalue weighted by Crippen LogP contribution is -2.39. The van der Waals surface area contributed by atoms with Crippen LogP contribution < -0.4 is 10.6 Å². The van der Waals surface area contributed by atoms with Crippen LogP contribution >= 0.6 is 0 Å². The fourth-order valence-electron chi connectivity index (χ4n) is 1.92. The summed E-state index contributed by atoms with van der Waals surface area (Å²) in [5.41, 5.74) is 0. The van der Waals surface area contributed by atoms with E-state index in [0.29, 0.717) is 6.54 Å². The van der Waals surface area contributed by atoms with E-state index in [1.165, 1.54) is 0 Å². The molecule has 0 aromatic rings. The number of ether oxygens (including phenoxy) is 1. The molecular weight excluding hydrogens is 230 g/mol. The van der Waals surface area contributed by atoms with Crippen LogP contribution in [0.25, 0.3) is 0 Å². The van der Waals surface area contributed by atoms with Gasteiger partial charge in [0.25, 0.3) is 0 Å². The van der Waals surface area contributed by atoms with Gasteiger partial charge < -0.3 is 15.4 Å². The maximum absolute atomic E-state index is 11.4. The van der Waals surface area contributed by atoms with Crippen molar-refractivity contribution in [1.82, 2.24) is 15.5 Å². The molecule has 2 N–H and O–H groups in total. The Morgan fingerprint density at radius 1 is 1.22 bits per heavy atom. The molecule has 0 aromatic carbocycles. The molecule has 1 saturated heterocycles. The van der Waals surface area contributed by atoms with Crippen molar-refractivity contribution in [2.75, 3.05) is 52.5 Å². The molecule has 0 saturated carbocycles. The molecule has 0 aromatic heterocycles. The summed E-state index contributed by atoms with van der Waals surface area (Å²) in [6.45, 7) is 9.13. The van der Waals surface area contributed by atoms with E-state index in [1.807, 2.05) is 0 Å². The lowest BCUT2D eigenvalue weighted by atomic mass is 10.3. The van der Waals surface area contributed by atoms with Crippen LogP contribution in [0, 0.1) is 0 Å². The number of nitrogens with zero attached hydrogens (tertiary/aromatic N) is 1. The van der Waals surface area contributed by atoms with E-state index in [1.54, 1.807) is 0 Å². The van der Waals surface area contributed by atoms with Crippen LogP contribution in [-0.4, -0.2) is 63.3 Å². The minimum Gasteiger partial charge on any atom is -0.379 e. The van der Waals surface area contributed by atoms with E-state index in [9.17, 15) is 4.79 Å². The number of amides is 1. The fraction of sp³-hybridized carbons (Fsp3) is 0.923. The van der Waals surface area contributed by atoms with Gasteiger partial charge in [0.05, 0.1) is 19.8 Å². The van der Waals surface area contributed by atoms with Gasteiger partial charge in [-0.05, 0) is 25.9 Å². The number of carbonyl (C=O) groups excluding carboxylic acids is 1. The Hall–Kier alpha value is -0.650. The van der Waals surface area contributed by atoms with Gasteiger partial charge in [0.15, 0.2) is 0 Å². The average molecular weight is 257 g/mol. The second-order valence-electron chi connectivity index (χ2n) is 4.69. The second-order valence-corrected chi connectivity index (χ2v) is 4.69. The van der Waals surface area contributed by atoms with E-state index in [0.717, 1.165) is 65.2 Å². The molecule has 0 unspecified atom stereocenters. The van der Waals surface area contributed by atoms with Gasteiger partial charge in [-0.15, -0.1) is 0 Å². The fourth-order valence-corrected chi connectivity index (χ4v) is 1.92. The lowest BCUT2D eigenvalue weighted by Gasteiger charge is -2.26. The van der Waals surface area contributed by atoms with Crippen LogP contribution in [0.4, 0.5) is 0 Å². The van der Waals surface area contributed by atoms with Crippen LogP contribution in [0.3, 0.4) is 0 Å². The topological polar surface area (TPSA) is 53.6 Å². The summed E-state index contributed by atoms with van der Waals surface area (Å²) in [7, 11) is 0. The van der Waals surface area contributed by atoms with Crippen LogP contribution in [-0.2, 0) is 9.53 Å². The quantitative estimate of drug-likeness (QED) is 0.580. The highest BCUT2D eigenvalue weighted by Gasteiger charge is 2.09. The summed E-state index contributed by atoms with van der Waals surface area (Å²) in [5.74, 6) is 0.106. The summed E-state index contributed by atoms with van der Waals surface area (Å²) in [5, 5.41) is 6.08. The van der Waals surface area contributed by atoms with Gasteiger partial charge in [0.2, 0.25) is 5.91 Å². The molecule has 0 atom stereocenters. The standard InChI is InChI=1S/C13H27N3O2/c1-2-3-6-15-13(17)12-14-5-4-7-16-8-10-18-11-9-16/h14H,2-12H2,1H3,(H,15,17). The highest BCUT2D eigenvalue weighted by atomic mass is 16.5. The molecule has 1 aliphatic rings. The number of rotatable bonds is 9. The van der Waals surface area contributed by atoms with Crippen molar-refractivity contribution < 1.29 is 9.53 Å². The Bertz CT molecular complexity index is 218. The lowest BCUT2D eigenvalue weighted by molar-refractivity contribution is -0.120. The third kappa shape index (κ3) is 7.63. The van der Waals surface area contributed by atoms with Crippen molar-refractivity contribution in [3.05, 3.63) is 0 Å². The Morgan fingerprint density at radius 2 is 2.00 bits per heavy atom. The molecular formula is C13H27N3O2. The summed E-state index contributed by atoms with van der Waals surface area (Å²) in [6, 6.07) is 0. The van der Waals surface area contributed by atoms with Gasteiger partial charge in [-0.25, -0.2) is 0 Å². The normalized spacial score (nSPS) is 16.7. The monoisotopic (exact) mass is 257 g/mol. The van der Waals surface area contributed by atoms with Gasteiger partial charge >= 0.3 is 0 Å². The largest absolute Gasteiger partial charge is 0.379 e. The van der Waals surface area contributed by atoms with Crippen LogP contribution in [0.15, 0.2) is 0 Å². The molecule has 18 heavy (non-hydrogen) atoms.